The van der Waals surface area contributed by atoms with Crippen LogP contribution < -0.4 is 0 Å². The largest absolute Gasteiger partial charge is 0.391 e. The minimum absolute atomic E-state index is 0.500. The van der Waals surface area contributed by atoms with E-state index in [-0.39, 0.29) is 0 Å². The summed E-state index contributed by atoms with van der Waals surface area (Å²) < 4.78 is -1.08. The van der Waals surface area contributed by atoms with Gasteiger partial charge in [0.1, 0.15) is 0 Å². The SMILES string of the molecule is CC(C)(C)O.CC(Cl)(Cl)Cl. The van der Waals surface area contributed by atoms with Gasteiger partial charge in [0.25, 0.3) is 0 Å². The molecule has 0 spiro atoms. The molecule has 0 radical (unpaired) electrons. The predicted octanol–water partition coefficient (Wildman–Crippen LogP) is 3.15. The van der Waals surface area contributed by atoms with Gasteiger partial charge in [-0.1, -0.05) is 34.8 Å². The fourth-order valence-electron chi connectivity index (χ4n) is 0. The van der Waals surface area contributed by atoms with Crippen LogP contribution in [0.2, 0.25) is 0 Å². The first-order chi connectivity index (χ1) is 4.00. The van der Waals surface area contributed by atoms with Crippen molar-refractivity contribution in [3.05, 3.63) is 0 Å². The highest BCUT2D eigenvalue weighted by Crippen LogP contribution is 2.23. The van der Waals surface area contributed by atoms with Crippen LogP contribution >= 0.6 is 34.8 Å². The van der Waals surface area contributed by atoms with Crippen molar-refractivity contribution in [3.8, 4) is 0 Å². The van der Waals surface area contributed by atoms with Gasteiger partial charge in [0.05, 0.1) is 5.60 Å². The molecular formula is C6H13Cl3O. The van der Waals surface area contributed by atoms with Crippen LogP contribution in [0.5, 0.6) is 0 Å². The van der Waals surface area contributed by atoms with E-state index in [0.717, 1.165) is 0 Å². The quantitative estimate of drug-likeness (QED) is 0.605. The Labute approximate surface area is 77.3 Å². The van der Waals surface area contributed by atoms with Crippen LogP contribution in [0.15, 0.2) is 0 Å². The molecule has 0 aliphatic heterocycles. The summed E-state index contributed by atoms with van der Waals surface area (Å²) in [5.41, 5.74) is -0.500. The lowest BCUT2D eigenvalue weighted by Crippen LogP contribution is -2.10. The van der Waals surface area contributed by atoms with Crippen LogP contribution in [0.1, 0.15) is 27.7 Å². The molecule has 64 valence electrons. The molecule has 0 amide bonds. The standard InChI is InChI=1S/C4H10O.C2H3Cl3/c1-4(2,3)5;1-2(3,4)5/h5H,1-3H3;1H3. The van der Waals surface area contributed by atoms with Crippen molar-refractivity contribution in [1.29, 1.82) is 0 Å². The second kappa shape index (κ2) is 4.66. The van der Waals surface area contributed by atoms with Crippen molar-refractivity contribution in [2.75, 3.05) is 0 Å². The molecule has 0 aromatic heterocycles. The van der Waals surface area contributed by atoms with Crippen LogP contribution in [0.25, 0.3) is 0 Å². The molecule has 0 fully saturated rings. The summed E-state index contributed by atoms with van der Waals surface area (Å²) in [6.45, 7) is 6.71. The minimum Gasteiger partial charge on any atom is -0.391 e. The Balaban J connectivity index is 0. The number of hydrogen-bond donors (Lipinski definition) is 1. The summed E-state index contributed by atoms with van der Waals surface area (Å²) >= 11 is 15.2. The lowest BCUT2D eigenvalue weighted by Gasteiger charge is -2.04. The van der Waals surface area contributed by atoms with Gasteiger partial charge in [0.15, 0.2) is 3.79 Å². The van der Waals surface area contributed by atoms with E-state index in [0.29, 0.717) is 0 Å². The van der Waals surface area contributed by atoms with E-state index < -0.39 is 9.39 Å². The molecule has 10 heavy (non-hydrogen) atoms. The molecule has 0 aromatic carbocycles. The van der Waals surface area contributed by atoms with Crippen molar-refractivity contribution in [1.82, 2.24) is 0 Å². The van der Waals surface area contributed by atoms with Gasteiger partial charge in [-0.15, -0.1) is 0 Å². The van der Waals surface area contributed by atoms with Crippen LogP contribution in [0.4, 0.5) is 0 Å². The van der Waals surface area contributed by atoms with Crippen LogP contribution in [-0.4, -0.2) is 14.5 Å². The van der Waals surface area contributed by atoms with Gasteiger partial charge >= 0.3 is 0 Å². The molecule has 0 rings (SSSR count). The molecule has 0 saturated heterocycles. The lowest BCUT2D eigenvalue weighted by atomic mass is 10.2. The van der Waals surface area contributed by atoms with Crippen LogP contribution in [0, 0.1) is 0 Å². The van der Waals surface area contributed by atoms with Crippen LogP contribution in [-0.2, 0) is 0 Å². The van der Waals surface area contributed by atoms with Gasteiger partial charge < -0.3 is 5.11 Å². The van der Waals surface area contributed by atoms with E-state index in [9.17, 15) is 0 Å². The number of aliphatic hydroxyl groups is 1. The average molecular weight is 208 g/mol. The van der Waals surface area contributed by atoms with E-state index >= 15 is 0 Å². The Bertz CT molecular complexity index is 56.0. The molecule has 0 aromatic rings. The highest BCUT2D eigenvalue weighted by molar-refractivity contribution is 6.67. The van der Waals surface area contributed by atoms with Crippen molar-refractivity contribution >= 4 is 34.8 Å². The molecule has 1 nitrogen and oxygen atoms in total. The Morgan fingerprint density at radius 2 is 0.900 bits per heavy atom. The van der Waals surface area contributed by atoms with E-state index in [4.69, 9.17) is 39.9 Å². The summed E-state index contributed by atoms with van der Waals surface area (Å²) in [4.78, 5) is 0. The molecule has 0 bridgehead atoms. The van der Waals surface area contributed by atoms with Crippen molar-refractivity contribution in [2.24, 2.45) is 0 Å². The van der Waals surface area contributed by atoms with Gasteiger partial charge in [-0.2, -0.15) is 0 Å². The fourth-order valence-corrected chi connectivity index (χ4v) is 0. The average Bonchev–Trinajstić information content (AvgIpc) is 1.12. The molecule has 4 heteroatoms. The normalized spacial score (nSPS) is 12.0. The first-order valence-corrected chi connectivity index (χ1v) is 3.92. The monoisotopic (exact) mass is 206 g/mol. The molecule has 0 atom stereocenters. The smallest absolute Gasteiger partial charge is 0.187 e. The third-order valence-electron chi connectivity index (χ3n) is 0. The Kier molecular flexibility index (Phi) is 6.25. The fraction of sp³-hybridized carbons (Fsp3) is 1.00. The number of hydrogen-bond acceptors (Lipinski definition) is 1. The second-order valence-corrected chi connectivity index (χ2v) is 5.80. The van der Waals surface area contributed by atoms with E-state index in [2.05, 4.69) is 0 Å². The third-order valence-corrected chi connectivity index (χ3v) is 0. The van der Waals surface area contributed by atoms with Gasteiger partial charge in [-0.25, -0.2) is 0 Å². The first-order valence-electron chi connectivity index (χ1n) is 2.79. The second-order valence-electron chi connectivity index (χ2n) is 2.95. The maximum absolute atomic E-state index is 8.52. The van der Waals surface area contributed by atoms with Gasteiger partial charge in [0.2, 0.25) is 0 Å². The topological polar surface area (TPSA) is 20.2 Å². The maximum Gasteiger partial charge on any atom is 0.187 e. The van der Waals surface area contributed by atoms with E-state index in [1.165, 1.54) is 6.92 Å². The number of rotatable bonds is 0. The molecule has 1 N–H and O–H groups in total. The molecule has 0 saturated carbocycles. The highest BCUT2D eigenvalue weighted by Gasteiger charge is 2.07. The first kappa shape index (κ1) is 13.4. The molecule has 0 unspecified atom stereocenters. The van der Waals surface area contributed by atoms with Crippen molar-refractivity contribution in [2.45, 2.75) is 37.1 Å². The van der Waals surface area contributed by atoms with Gasteiger partial charge in [0, 0.05) is 0 Å². The summed E-state index contributed by atoms with van der Waals surface area (Å²) in [5.74, 6) is 0. The number of halogens is 3. The van der Waals surface area contributed by atoms with E-state index in [1.54, 1.807) is 20.8 Å². The van der Waals surface area contributed by atoms with Gasteiger partial charge in [-0.3, -0.25) is 0 Å². The Morgan fingerprint density at radius 1 is 0.900 bits per heavy atom. The minimum atomic E-state index is -1.08. The van der Waals surface area contributed by atoms with Crippen molar-refractivity contribution < 1.29 is 5.11 Å². The van der Waals surface area contributed by atoms with Crippen molar-refractivity contribution in [3.63, 3.8) is 0 Å². The predicted molar refractivity (Wildman–Crippen MR) is 47.9 cm³/mol. The lowest BCUT2D eigenvalue weighted by molar-refractivity contribution is 0.102. The number of alkyl halides is 3. The molecule has 0 aliphatic rings. The molecular weight excluding hydrogens is 194 g/mol. The molecule has 0 aliphatic carbocycles. The Morgan fingerprint density at radius 3 is 0.900 bits per heavy atom. The Hall–Kier alpha value is 0.830. The van der Waals surface area contributed by atoms with Crippen LogP contribution in [0.3, 0.4) is 0 Å². The zero-order valence-electron chi connectivity index (χ0n) is 6.58. The summed E-state index contributed by atoms with van der Waals surface area (Å²) in [7, 11) is 0. The van der Waals surface area contributed by atoms with Gasteiger partial charge in [-0.05, 0) is 27.7 Å². The maximum atomic E-state index is 8.52. The zero-order chi connectivity index (χ0) is 9.00. The van der Waals surface area contributed by atoms with E-state index in [1.807, 2.05) is 0 Å². The summed E-state index contributed by atoms with van der Waals surface area (Å²) in [5, 5.41) is 8.52. The molecule has 0 heterocycles. The summed E-state index contributed by atoms with van der Waals surface area (Å²) in [6, 6.07) is 0. The highest BCUT2D eigenvalue weighted by atomic mass is 35.6. The third kappa shape index (κ3) is 786. The summed E-state index contributed by atoms with van der Waals surface area (Å²) in [6.07, 6.45) is 0. The zero-order valence-corrected chi connectivity index (χ0v) is 8.85.